The molecule has 27 heavy (non-hydrogen) atoms. The second-order valence-corrected chi connectivity index (χ2v) is 8.56. The van der Waals surface area contributed by atoms with Gasteiger partial charge in [0, 0.05) is 10.9 Å². The van der Waals surface area contributed by atoms with Gasteiger partial charge in [-0.05, 0) is 19.1 Å². The van der Waals surface area contributed by atoms with Crippen molar-refractivity contribution in [1.29, 1.82) is 0 Å². The average Bonchev–Trinajstić information content (AvgIpc) is 3.16. The number of thioether (sulfide) groups is 1. The van der Waals surface area contributed by atoms with Crippen molar-refractivity contribution in [1.82, 2.24) is 4.98 Å². The van der Waals surface area contributed by atoms with E-state index < -0.39 is 0 Å². The minimum atomic E-state index is -0.348. The molecule has 0 aliphatic carbocycles. The van der Waals surface area contributed by atoms with Gasteiger partial charge in [-0.2, -0.15) is 0 Å². The summed E-state index contributed by atoms with van der Waals surface area (Å²) in [7, 11) is 0. The second kappa shape index (κ2) is 7.54. The number of rotatable bonds is 4. The van der Waals surface area contributed by atoms with Gasteiger partial charge in [0.2, 0.25) is 11.8 Å². The lowest BCUT2D eigenvalue weighted by Crippen LogP contribution is -2.45. The third-order valence-corrected chi connectivity index (χ3v) is 6.27. The van der Waals surface area contributed by atoms with Crippen molar-refractivity contribution >= 4 is 46.3 Å². The molecular formula is C20H17N3O2S2. The molecule has 4 rings (SSSR count). The normalized spacial score (nSPS) is 14.4. The van der Waals surface area contributed by atoms with Crippen molar-refractivity contribution in [3.05, 3.63) is 60.0 Å². The highest BCUT2D eigenvalue weighted by Crippen LogP contribution is 2.34. The summed E-state index contributed by atoms with van der Waals surface area (Å²) in [5.41, 5.74) is 3.37. The van der Waals surface area contributed by atoms with Crippen LogP contribution >= 0.6 is 23.1 Å². The zero-order valence-electron chi connectivity index (χ0n) is 14.6. The van der Waals surface area contributed by atoms with Gasteiger partial charge in [0.1, 0.15) is 6.54 Å². The fourth-order valence-corrected chi connectivity index (χ4v) is 4.94. The van der Waals surface area contributed by atoms with Crippen molar-refractivity contribution in [3.63, 3.8) is 0 Å². The molecule has 0 saturated carbocycles. The molecule has 0 saturated heterocycles. The highest BCUT2D eigenvalue weighted by Gasteiger charge is 2.30. The first-order chi connectivity index (χ1) is 13.1. The molecule has 7 heteroatoms. The van der Waals surface area contributed by atoms with Gasteiger partial charge in [0.15, 0.2) is 4.34 Å². The molecule has 3 aromatic rings. The predicted molar refractivity (Wildman–Crippen MR) is 110 cm³/mol. The number of nitrogens with zero attached hydrogens (tertiary/aromatic N) is 2. The Kier molecular flexibility index (Phi) is 4.96. The maximum absolute atomic E-state index is 13.0. The quantitative estimate of drug-likeness (QED) is 0.670. The monoisotopic (exact) mass is 395 g/mol. The predicted octanol–water partition coefficient (Wildman–Crippen LogP) is 4.28. The number of benzene rings is 2. The lowest BCUT2D eigenvalue weighted by Gasteiger charge is -2.30. The van der Waals surface area contributed by atoms with E-state index >= 15 is 0 Å². The highest BCUT2D eigenvalue weighted by atomic mass is 32.2. The minimum absolute atomic E-state index is 0.0356. The zero-order chi connectivity index (χ0) is 18.8. The Balaban J connectivity index is 1.51. The number of aromatic nitrogens is 1. The summed E-state index contributed by atoms with van der Waals surface area (Å²) in [5, 5.41) is 4.46. The van der Waals surface area contributed by atoms with Crippen molar-refractivity contribution in [2.75, 3.05) is 16.8 Å². The molecule has 5 nitrogen and oxygen atoms in total. The van der Waals surface area contributed by atoms with Crippen LogP contribution in [-0.2, 0) is 9.59 Å². The van der Waals surface area contributed by atoms with E-state index in [-0.39, 0.29) is 23.6 Å². The Labute approximate surface area is 165 Å². The number of anilines is 2. The summed E-state index contributed by atoms with van der Waals surface area (Å²) in [4.78, 5) is 31.1. The standard InChI is InChI=1S/C20H17N3O2S2/c1-13(27-20-22-16(12-26-20)14-7-3-2-4-8-14)19(25)23-11-18(24)21-15-9-5-6-10-17(15)23/h2-10,12-13H,11H2,1H3,(H,21,24)/t13-/m0/s1. The summed E-state index contributed by atoms with van der Waals surface area (Å²) in [6.45, 7) is 1.89. The average molecular weight is 396 g/mol. The van der Waals surface area contributed by atoms with Gasteiger partial charge < -0.3 is 5.32 Å². The molecule has 0 unspecified atom stereocenters. The molecule has 2 aromatic carbocycles. The van der Waals surface area contributed by atoms with Crippen LogP contribution in [0.1, 0.15) is 6.92 Å². The Bertz CT molecular complexity index is 988. The molecular weight excluding hydrogens is 378 g/mol. The van der Waals surface area contributed by atoms with E-state index in [9.17, 15) is 9.59 Å². The molecule has 1 aliphatic rings. The number of hydrogen-bond acceptors (Lipinski definition) is 5. The Morgan fingerprint density at radius 3 is 2.74 bits per heavy atom. The van der Waals surface area contributed by atoms with Crippen LogP contribution in [0.3, 0.4) is 0 Å². The summed E-state index contributed by atoms with van der Waals surface area (Å²) in [6.07, 6.45) is 0. The number of para-hydroxylation sites is 2. The van der Waals surface area contributed by atoms with Crippen molar-refractivity contribution in [2.24, 2.45) is 0 Å². The van der Waals surface area contributed by atoms with Crippen LogP contribution < -0.4 is 10.2 Å². The van der Waals surface area contributed by atoms with Crippen LogP contribution in [0.25, 0.3) is 11.3 Å². The number of fused-ring (bicyclic) bond motifs is 1. The first kappa shape index (κ1) is 17.8. The van der Waals surface area contributed by atoms with Crippen LogP contribution in [0, 0.1) is 0 Å². The van der Waals surface area contributed by atoms with Gasteiger partial charge in [0.05, 0.1) is 22.3 Å². The summed E-state index contributed by atoms with van der Waals surface area (Å²) >= 11 is 2.95. The molecule has 2 amide bonds. The Morgan fingerprint density at radius 1 is 1.19 bits per heavy atom. The van der Waals surface area contributed by atoms with Crippen LogP contribution in [0.5, 0.6) is 0 Å². The van der Waals surface area contributed by atoms with E-state index in [4.69, 9.17) is 0 Å². The fraction of sp³-hybridized carbons (Fsp3) is 0.150. The van der Waals surface area contributed by atoms with Gasteiger partial charge in [-0.1, -0.05) is 54.2 Å². The molecule has 0 radical (unpaired) electrons. The number of hydrogen-bond donors (Lipinski definition) is 1. The van der Waals surface area contributed by atoms with Gasteiger partial charge >= 0.3 is 0 Å². The number of carbonyl (C=O) groups is 2. The maximum atomic E-state index is 13.0. The van der Waals surface area contributed by atoms with E-state index in [0.717, 1.165) is 21.3 Å². The van der Waals surface area contributed by atoms with Crippen LogP contribution in [0.2, 0.25) is 0 Å². The molecule has 1 N–H and O–H groups in total. The summed E-state index contributed by atoms with van der Waals surface area (Å²) < 4.78 is 0.837. The number of thiazole rings is 1. The molecule has 136 valence electrons. The number of carbonyl (C=O) groups excluding carboxylic acids is 2. The highest BCUT2D eigenvalue weighted by molar-refractivity contribution is 8.02. The van der Waals surface area contributed by atoms with Gasteiger partial charge in [-0.15, -0.1) is 11.3 Å². The molecule has 0 fully saturated rings. The topological polar surface area (TPSA) is 62.3 Å². The van der Waals surface area contributed by atoms with Crippen molar-refractivity contribution in [2.45, 2.75) is 16.5 Å². The molecule has 1 aromatic heterocycles. The lowest BCUT2D eigenvalue weighted by atomic mass is 10.2. The van der Waals surface area contributed by atoms with Crippen LogP contribution in [-0.4, -0.2) is 28.6 Å². The third kappa shape index (κ3) is 3.74. The van der Waals surface area contributed by atoms with Crippen LogP contribution in [0.4, 0.5) is 11.4 Å². The molecule has 0 spiro atoms. The largest absolute Gasteiger partial charge is 0.323 e. The second-order valence-electron chi connectivity index (χ2n) is 6.11. The van der Waals surface area contributed by atoms with E-state index in [1.165, 1.54) is 23.1 Å². The smallest absolute Gasteiger partial charge is 0.244 e. The van der Waals surface area contributed by atoms with Gasteiger partial charge in [0.25, 0.3) is 0 Å². The van der Waals surface area contributed by atoms with Crippen LogP contribution in [0.15, 0.2) is 64.3 Å². The van der Waals surface area contributed by atoms with Crippen molar-refractivity contribution in [3.8, 4) is 11.3 Å². The molecule has 2 heterocycles. The molecule has 1 aliphatic heterocycles. The SMILES string of the molecule is C[C@H](Sc1nc(-c2ccccc2)cs1)C(=O)N1CC(=O)Nc2ccccc21. The van der Waals surface area contributed by atoms with Gasteiger partial charge in [-0.3, -0.25) is 14.5 Å². The van der Waals surface area contributed by atoms with E-state index in [1.54, 1.807) is 11.0 Å². The van der Waals surface area contributed by atoms with E-state index in [2.05, 4.69) is 10.3 Å². The maximum Gasteiger partial charge on any atom is 0.244 e. The summed E-state index contributed by atoms with van der Waals surface area (Å²) in [5.74, 6) is -0.279. The Morgan fingerprint density at radius 2 is 1.93 bits per heavy atom. The van der Waals surface area contributed by atoms with Crippen molar-refractivity contribution < 1.29 is 9.59 Å². The third-order valence-electron chi connectivity index (χ3n) is 4.21. The minimum Gasteiger partial charge on any atom is -0.323 e. The Hall–Kier alpha value is -2.64. The van der Waals surface area contributed by atoms with Gasteiger partial charge in [-0.25, -0.2) is 4.98 Å². The fourth-order valence-electron chi connectivity index (χ4n) is 2.90. The summed E-state index contributed by atoms with van der Waals surface area (Å²) in [6, 6.07) is 17.3. The zero-order valence-corrected chi connectivity index (χ0v) is 16.2. The number of nitrogens with one attached hydrogen (secondary N) is 1. The molecule has 1 atom stereocenters. The lowest BCUT2D eigenvalue weighted by molar-refractivity contribution is -0.121. The van der Waals surface area contributed by atoms with E-state index in [0.29, 0.717) is 5.69 Å². The molecule has 0 bridgehead atoms. The first-order valence-corrected chi connectivity index (χ1v) is 10.3. The first-order valence-electron chi connectivity index (χ1n) is 8.49. The van der Waals surface area contributed by atoms with E-state index in [1.807, 2.05) is 60.8 Å². The number of amides is 2.